The maximum atomic E-state index is 12.5. The average Bonchev–Trinajstić information content (AvgIpc) is 2.76. The van der Waals surface area contributed by atoms with Gasteiger partial charge in [0.1, 0.15) is 13.2 Å². The number of para-hydroxylation sites is 1. The lowest BCUT2D eigenvalue weighted by molar-refractivity contribution is -0.133. The van der Waals surface area contributed by atoms with E-state index in [1.165, 1.54) is 11.0 Å². The van der Waals surface area contributed by atoms with Gasteiger partial charge in [-0.05, 0) is 23.8 Å². The van der Waals surface area contributed by atoms with Crippen LogP contribution >= 0.6 is 0 Å². The molecule has 4 rings (SSSR count). The molecule has 8 nitrogen and oxygen atoms in total. The number of nitrogens with one attached hydrogen (secondary N) is 1. The fourth-order valence-corrected chi connectivity index (χ4v) is 3.24. The molecule has 2 aromatic carbocycles. The molecule has 0 fully saturated rings. The summed E-state index contributed by atoms with van der Waals surface area (Å²) in [6.45, 7) is 0.888. The molecule has 1 N–H and O–H groups in total. The lowest BCUT2D eigenvalue weighted by atomic mass is 10.1. The van der Waals surface area contributed by atoms with Gasteiger partial charge in [0.2, 0.25) is 5.56 Å². The molecule has 0 unspecified atom stereocenters. The van der Waals surface area contributed by atoms with E-state index in [4.69, 9.17) is 14.2 Å². The largest absolute Gasteiger partial charge is 0.486 e. The first-order chi connectivity index (χ1) is 14.5. The van der Waals surface area contributed by atoms with Crippen LogP contribution < -0.4 is 15.0 Å². The first-order valence-electron chi connectivity index (χ1n) is 9.43. The summed E-state index contributed by atoms with van der Waals surface area (Å²) in [7, 11) is 1.62. The molecule has 3 aromatic rings. The maximum absolute atomic E-state index is 12.5. The monoisotopic (exact) mass is 408 g/mol. The highest BCUT2D eigenvalue weighted by Gasteiger charge is 2.18. The summed E-state index contributed by atoms with van der Waals surface area (Å²) in [5.74, 6) is 0.232. The molecule has 1 aliphatic heterocycles. The van der Waals surface area contributed by atoms with Gasteiger partial charge in [-0.2, -0.15) is 0 Å². The third-order valence-electron chi connectivity index (χ3n) is 4.75. The van der Waals surface area contributed by atoms with Crippen molar-refractivity contribution < 1.29 is 23.8 Å². The summed E-state index contributed by atoms with van der Waals surface area (Å²) < 4.78 is 16.2. The summed E-state index contributed by atoms with van der Waals surface area (Å²) in [4.78, 5) is 40.8. The predicted molar refractivity (Wildman–Crippen MR) is 109 cm³/mol. The smallest absolute Gasteiger partial charge is 0.339 e. The molecule has 1 aliphatic rings. The van der Waals surface area contributed by atoms with Crippen LogP contribution in [-0.2, 0) is 16.1 Å². The van der Waals surface area contributed by atoms with E-state index in [9.17, 15) is 14.4 Å². The molecule has 0 atom stereocenters. The van der Waals surface area contributed by atoms with Crippen molar-refractivity contribution >= 4 is 22.8 Å². The number of rotatable bonds is 5. The number of carbonyl (C=O) groups is 2. The quantitative estimate of drug-likeness (QED) is 0.650. The number of benzene rings is 2. The summed E-state index contributed by atoms with van der Waals surface area (Å²) in [5.41, 5.74) is 1.10. The maximum Gasteiger partial charge on any atom is 0.339 e. The van der Waals surface area contributed by atoms with Crippen LogP contribution in [0.2, 0.25) is 0 Å². The zero-order valence-electron chi connectivity index (χ0n) is 16.3. The van der Waals surface area contributed by atoms with Crippen LogP contribution in [0.15, 0.2) is 53.3 Å². The highest BCUT2D eigenvalue weighted by Crippen LogP contribution is 2.31. The average molecular weight is 408 g/mol. The number of H-pyrrole nitrogens is 1. The zero-order chi connectivity index (χ0) is 21.1. The van der Waals surface area contributed by atoms with Crippen molar-refractivity contribution in [3.8, 4) is 11.5 Å². The first kappa shape index (κ1) is 19.5. The summed E-state index contributed by atoms with van der Waals surface area (Å²) in [5, 5.41) is 0.555. The van der Waals surface area contributed by atoms with Crippen LogP contribution in [0, 0.1) is 0 Å². The summed E-state index contributed by atoms with van der Waals surface area (Å²) in [6.07, 6.45) is 0. The van der Waals surface area contributed by atoms with Gasteiger partial charge in [0.05, 0.1) is 5.56 Å². The normalized spacial score (nSPS) is 12.4. The first-order valence-corrected chi connectivity index (χ1v) is 9.43. The molecule has 0 saturated carbocycles. The topological polar surface area (TPSA) is 97.9 Å². The Balaban J connectivity index is 1.40. The fourth-order valence-electron chi connectivity index (χ4n) is 3.24. The molecule has 2 heterocycles. The van der Waals surface area contributed by atoms with Crippen LogP contribution in [-0.4, -0.2) is 48.6 Å². The Morgan fingerprint density at radius 1 is 1.07 bits per heavy atom. The van der Waals surface area contributed by atoms with Crippen molar-refractivity contribution in [2.24, 2.45) is 0 Å². The van der Waals surface area contributed by atoms with Crippen LogP contribution in [0.5, 0.6) is 11.5 Å². The Kier molecular flexibility index (Phi) is 5.38. The molecule has 1 amide bonds. The standard InChI is InChI=1S/C22H20N2O6/c1-24(12-14-6-7-18-19(10-14)29-9-8-28-18)21(26)13-30-22(27)16-11-20(25)23-17-5-3-2-4-15(16)17/h2-7,10-11H,8-9,12-13H2,1H3,(H,23,25). The molecule has 0 bridgehead atoms. The number of nitrogens with zero attached hydrogens (tertiary/aromatic N) is 1. The molecule has 30 heavy (non-hydrogen) atoms. The van der Waals surface area contributed by atoms with Gasteiger partial charge in [-0.3, -0.25) is 9.59 Å². The number of amides is 1. The highest BCUT2D eigenvalue weighted by atomic mass is 16.6. The van der Waals surface area contributed by atoms with E-state index in [1.807, 2.05) is 12.1 Å². The number of esters is 1. The molecule has 0 spiro atoms. The molecule has 1 aromatic heterocycles. The number of carbonyl (C=O) groups excluding carboxylic acids is 2. The van der Waals surface area contributed by atoms with Gasteiger partial charge >= 0.3 is 5.97 Å². The van der Waals surface area contributed by atoms with Gasteiger partial charge < -0.3 is 24.1 Å². The Morgan fingerprint density at radius 3 is 2.67 bits per heavy atom. The van der Waals surface area contributed by atoms with Gasteiger partial charge in [0, 0.05) is 30.6 Å². The Bertz CT molecular complexity index is 1170. The van der Waals surface area contributed by atoms with E-state index in [2.05, 4.69) is 4.98 Å². The third kappa shape index (κ3) is 4.12. The minimum absolute atomic E-state index is 0.122. The van der Waals surface area contributed by atoms with Crippen LogP contribution in [0.4, 0.5) is 0 Å². The molecular weight excluding hydrogens is 388 g/mol. The summed E-state index contributed by atoms with van der Waals surface area (Å²) >= 11 is 0. The molecule has 0 saturated heterocycles. The predicted octanol–water partition coefficient (Wildman–Crippen LogP) is 2.11. The minimum Gasteiger partial charge on any atom is -0.486 e. The van der Waals surface area contributed by atoms with Crippen LogP contribution in [0.25, 0.3) is 10.9 Å². The third-order valence-corrected chi connectivity index (χ3v) is 4.75. The number of pyridine rings is 1. The van der Waals surface area contributed by atoms with E-state index in [0.717, 1.165) is 5.56 Å². The number of hydrogen-bond acceptors (Lipinski definition) is 6. The summed E-state index contributed by atoms with van der Waals surface area (Å²) in [6, 6.07) is 13.6. The van der Waals surface area contributed by atoms with E-state index < -0.39 is 18.1 Å². The lowest BCUT2D eigenvalue weighted by Gasteiger charge is -2.21. The number of ether oxygens (including phenoxy) is 3. The zero-order valence-corrected chi connectivity index (χ0v) is 16.3. The van der Waals surface area contributed by atoms with Crippen molar-refractivity contribution in [3.63, 3.8) is 0 Å². The number of fused-ring (bicyclic) bond motifs is 2. The lowest BCUT2D eigenvalue weighted by Crippen LogP contribution is -2.31. The van der Waals surface area contributed by atoms with E-state index in [0.29, 0.717) is 42.2 Å². The molecule has 8 heteroatoms. The van der Waals surface area contributed by atoms with Crippen LogP contribution in [0.1, 0.15) is 15.9 Å². The molecule has 0 aliphatic carbocycles. The second kappa shape index (κ2) is 8.28. The van der Waals surface area contributed by atoms with Crippen LogP contribution in [0.3, 0.4) is 0 Å². The molecule has 154 valence electrons. The number of likely N-dealkylation sites (N-methyl/N-ethyl adjacent to an activating group) is 1. The number of aromatic amines is 1. The Hall–Kier alpha value is -3.81. The second-order valence-corrected chi connectivity index (χ2v) is 6.90. The Labute approximate surface area is 172 Å². The second-order valence-electron chi connectivity index (χ2n) is 6.90. The van der Waals surface area contributed by atoms with Gasteiger partial charge in [0.25, 0.3) is 5.91 Å². The van der Waals surface area contributed by atoms with Gasteiger partial charge in [-0.15, -0.1) is 0 Å². The van der Waals surface area contributed by atoms with E-state index >= 15 is 0 Å². The van der Waals surface area contributed by atoms with Gasteiger partial charge in [0.15, 0.2) is 18.1 Å². The van der Waals surface area contributed by atoms with Crippen molar-refractivity contribution in [2.75, 3.05) is 26.9 Å². The fraction of sp³-hybridized carbons (Fsp3) is 0.227. The van der Waals surface area contributed by atoms with Crippen molar-refractivity contribution in [2.45, 2.75) is 6.54 Å². The van der Waals surface area contributed by atoms with Crippen molar-refractivity contribution in [1.82, 2.24) is 9.88 Å². The highest BCUT2D eigenvalue weighted by molar-refractivity contribution is 6.03. The Morgan fingerprint density at radius 2 is 1.83 bits per heavy atom. The number of hydrogen-bond donors (Lipinski definition) is 1. The van der Waals surface area contributed by atoms with Crippen molar-refractivity contribution in [3.05, 3.63) is 70.0 Å². The number of aromatic nitrogens is 1. The minimum atomic E-state index is -0.724. The van der Waals surface area contributed by atoms with E-state index in [-0.39, 0.29) is 11.5 Å². The SMILES string of the molecule is CN(Cc1ccc2c(c1)OCCO2)C(=O)COC(=O)c1cc(=O)[nH]c2ccccc12. The van der Waals surface area contributed by atoms with E-state index in [1.54, 1.807) is 37.4 Å². The van der Waals surface area contributed by atoms with Gasteiger partial charge in [-0.1, -0.05) is 24.3 Å². The van der Waals surface area contributed by atoms with Crippen molar-refractivity contribution in [1.29, 1.82) is 0 Å². The van der Waals surface area contributed by atoms with Gasteiger partial charge in [-0.25, -0.2) is 4.79 Å². The molecular formula is C22H20N2O6. The molecule has 0 radical (unpaired) electrons.